The van der Waals surface area contributed by atoms with E-state index >= 15 is 0 Å². The van der Waals surface area contributed by atoms with Crippen LogP contribution in [0.2, 0.25) is 5.02 Å². The highest BCUT2D eigenvalue weighted by atomic mass is 35.5. The minimum Gasteiger partial charge on any atom is -0.358 e. The van der Waals surface area contributed by atoms with Crippen molar-refractivity contribution in [3.8, 4) is 0 Å². The molecule has 1 amide bonds. The summed E-state index contributed by atoms with van der Waals surface area (Å²) in [6.45, 7) is 2.40. The number of rotatable bonds is 3. The summed E-state index contributed by atoms with van der Waals surface area (Å²) < 4.78 is 0. The van der Waals surface area contributed by atoms with Gasteiger partial charge in [-0.15, -0.1) is 0 Å². The number of anilines is 1. The van der Waals surface area contributed by atoms with E-state index in [1.165, 1.54) is 6.07 Å². The van der Waals surface area contributed by atoms with Gasteiger partial charge in [0.2, 0.25) is 5.91 Å². The summed E-state index contributed by atoms with van der Waals surface area (Å²) in [4.78, 5) is 26.2. The molecule has 6 nitrogen and oxygen atoms in total. The molecule has 0 radical (unpaired) electrons. The molecule has 1 aromatic carbocycles. The molecule has 1 fully saturated rings. The van der Waals surface area contributed by atoms with Crippen LogP contribution in [0.25, 0.3) is 0 Å². The van der Waals surface area contributed by atoms with Gasteiger partial charge in [0.15, 0.2) is 0 Å². The number of likely N-dealkylation sites (N-methyl/N-ethyl adjacent to an activating group) is 1. The predicted molar refractivity (Wildman–Crippen MR) is 81.9 cm³/mol. The number of nitrogens with zero attached hydrogens (tertiary/aromatic N) is 3. The van der Waals surface area contributed by atoms with Crippen molar-refractivity contribution in [1.29, 1.82) is 0 Å². The molecule has 2 rings (SSSR count). The van der Waals surface area contributed by atoms with Gasteiger partial charge >= 0.3 is 0 Å². The summed E-state index contributed by atoms with van der Waals surface area (Å²) in [5.41, 5.74) is 1.23. The Balaban J connectivity index is 2.39. The fourth-order valence-corrected chi connectivity index (χ4v) is 2.95. The van der Waals surface area contributed by atoms with Gasteiger partial charge in [0, 0.05) is 32.3 Å². The molecule has 0 N–H and O–H groups in total. The van der Waals surface area contributed by atoms with Gasteiger partial charge in [0.1, 0.15) is 6.04 Å². The van der Waals surface area contributed by atoms with Crippen molar-refractivity contribution >= 4 is 28.9 Å². The van der Waals surface area contributed by atoms with Crippen LogP contribution in [0.4, 0.5) is 11.4 Å². The molecule has 0 saturated carbocycles. The number of hydrogen-bond donors (Lipinski definition) is 0. The first-order valence-electron chi connectivity index (χ1n) is 6.75. The minimum absolute atomic E-state index is 0.00145. The largest absolute Gasteiger partial charge is 0.358 e. The summed E-state index contributed by atoms with van der Waals surface area (Å²) in [5, 5.41) is 11.3. The molecule has 114 valence electrons. The van der Waals surface area contributed by atoms with E-state index in [2.05, 4.69) is 0 Å². The second-order valence-electron chi connectivity index (χ2n) is 5.43. The average Bonchev–Trinajstić information content (AvgIpc) is 2.88. The molecule has 0 bridgehead atoms. The number of nitro groups is 1. The van der Waals surface area contributed by atoms with Gasteiger partial charge < -0.3 is 9.80 Å². The van der Waals surface area contributed by atoms with E-state index in [-0.39, 0.29) is 17.6 Å². The van der Waals surface area contributed by atoms with Crippen LogP contribution in [0, 0.1) is 17.0 Å². The predicted octanol–water partition coefficient (Wildman–Crippen LogP) is 2.61. The summed E-state index contributed by atoms with van der Waals surface area (Å²) in [6.07, 6.45) is 1.67. The molecule has 0 aromatic heterocycles. The van der Waals surface area contributed by atoms with Gasteiger partial charge in [0.05, 0.1) is 15.6 Å². The van der Waals surface area contributed by atoms with E-state index in [0.29, 0.717) is 16.3 Å². The van der Waals surface area contributed by atoms with Crippen molar-refractivity contribution < 1.29 is 9.72 Å². The first-order valence-corrected chi connectivity index (χ1v) is 7.13. The Hall–Kier alpha value is -1.82. The molecule has 1 saturated heterocycles. The van der Waals surface area contributed by atoms with Gasteiger partial charge in [-0.2, -0.15) is 0 Å². The Kier molecular flexibility index (Phi) is 4.37. The molecule has 0 aliphatic carbocycles. The Morgan fingerprint density at radius 2 is 2.14 bits per heavy atom. The summed E-state index contributed by atoms with van der Waals surface area (Å²) >= 11 is 6.20. The molecule has 21 heavy (non-hydrogen) atoms. The number of nitro benzene ring substituents is 1. The molecule has 1 aliphatic heterocycles. The van der Waals surface area contributed by atoms with Crippen molar-refractivity contribution in [2.24, 2.45) is 0 Å². The summed E-state index contributed by atoms with van der Waals surface area (Å²) in [7, 11) is 3.45. The van der Waals surface area contributed by atoms with Crippen molar-refractivity contribution in [2.75, 3.05) is 25.5 Å². The number of hydrogen-bond acceptors (Lipinski definition) is 4. The van der Waals surface area contributed by atoms with Crippen LogP contribution in [0.5, 0.6) is 0 Å². The van der Waals surface area contributed by atoms with Crippen LogP contribution >= 0.6 is 11.6 Å². The maximum absolute atomic E-state index is 12.2. The molecule has 1 unspecified atom stereocenters. The second-order valence-corrected chi connectivity index (χ2v) is 5.84. The zero-order valence-corrected chi connectivity index (χ0v) is 13.1. The topological polar surface area (TPSA) is 66.7 Å². The lowest BCUT2D eigenvalue weighted by atomic mass is 10.1. The minimum atomic E-state index is -0.447. The third-order valence-corrected chi connectivity index (χ3v) is 4.05. The van der Waals surface area contributed by atoms with E-state index in [0.717, 1.165) is 19.4 Å². The van der Waals surface area contributed by atoms with Crippen LogP contribution in [0.1, 0.15) is 18.4 Å². The Labute approximate surface area is 128 Å². The lowest BCUT2D eigenvalue weighted by Gasteiger charge is -2.29. The van der Waals surface area contributed by atoms with E-state index in [1.54, 1.807) is 32.0 Å². The Morgan fingerprint density at radius 1 is 1.48 bits per heavy atom. The number of carbonyl (C=O) groups excluding carboxylic acids is 1. The molecular weight excluding hydrogens is 294 g/mol. The maximum Gasteiger partial charge on any atom is 0.273 e. The molecule has 7 heteroatoms. The van der Waals surface area contributed by atoms with Gasteiger partial charge in [-0.1, -0.05) is 11.6 Å². The number of amides is 1. The second kappa shape index (κ2) is 5.89. The van der Waals surface area contributed by atoms with Crippen LogP contribution < -0.4 is 4.90 Å². The SMILES string of the molecule is Cc1cc(N2CCCC2C(=O)N(C)C)c(Cl)cc1[N+](=O)[O-]. The highest BCUT2D eigenvalue weighted by molar-refractivity contribution is 6.33. The van der Waals surface area contributed by atoms with Crippen molar-refractivity contribution in [3.05, 3.63) is 32.8 Å². The molecule has 0 spiro atoms. The number of aryl methyl sites for hydroxylation is 1. The number of carbonyl (C=O) groups is 1. The monoisotopic (exact) mass is 311 g/mol. The lowest BCUT2D eigenvalue weighted by molar-refractivity contribution is -0.385. The van der Waals surface area contributed by atoms with E-state index in [4.69, 9.17) is 11.6 Å². The average molecular weight is 312 g/mol. The Morgan fingerprint density at radius 3 is 2.71 bits per heavy atom. The normalized spacial score (nSPS) is 17.9. The van der Waals surface area contributed by atoms with Crippen molar-refractivity contribution in [2.45, 2.75) is 25.8 Å². The highest BCUT2D eigenvalue weighted by Gasteiger charge is 2.33. The van der Waals surface area contributed by atoms with Crippen LogP contribution in [-0.2, 0) is 4.79 Å². The zero-order valence-electron chi connectivity index (χ0n) is 12.3. The van der Waals surface area contributed by atoms with E-state index in [1.807, 2.05) is 4.90 Å². The van der Waals surface area contributed by atoms with Gasteiger partial charge in [-0.05, 0) is 25.8 Å². The molecule has 1 aliphatic rings. The molecule has 1 atom stereocenters. The van der Waals surface area contributed by atoms with Gasteiger partial charge in [-0.3, -0.25) is 14.9 Å². The highest BCUT2D eigenvalue weighted by Crippen LogP contribution is 2.36. The first kappa shape index (κ1) is 15.6. The third kappa shape index (κ3) is 2.95. The van der Waals surface area contributed by atoms with E-state index in [9.17, 15) is 14.9 Å². The van der Waals surface area contributed by atoms with Crippen LogP contribution in [0.3, 0.4) is 0 Å². The fourth-order valence-electron chi connectivity index (χ4n) is 2.68. The quantitative estimate of drug-likeness (QED) is 0.635. The fraction of sp³-hybridized carbons (Fsp3) is 0.500. The molecule has 1 aromatic rings. The number of benzene rings is 1. The third-order valence-electron chi connectivity index (χ3n) is 3.75. The summed E-state index contributed by atoms with van der Waals surface area (Å²) in [6, 6.07) is 2.81. The van der Waals surface area contributed by atoms with E-state index < -0.39 is 4.92 Å². The maximum atomic E-state index is 12.2. The van der Waals surface area contributed by atoms with Crippen LogP contribution in [0.15, 0.2) is 12.1 Å². The van der Waals surface area contributed by atoms with Crippen molar-refractivity contribution in [3.63, 3.8) is 0 Å². The summed E-state index contributed by atoms with van der Waals surface area (Å²) in [5.74, 6) is 0.0274. The standard InChI is InChI=1S/C14H18ClN3O3/c1-9-7-13(10(15)8-12(9)18(20)21)17-6-4-5-11(17)14(19)16(2)3/h7-8,11H,4-6H2,1-3H3. The molecule has 1 heterocycles. The lowest BCUT2D eigenvalue weighted by Crippen LogP contribution is -2.42. The molecular formula is C14H18ClN3O3. The van der Waals surface area contributed by atoms with Gasteiger partial charge in [-0.25, -0.2) is 0 Å². The van der Waals surface area contributed by atoms with Crippen LogP contribution in [-0.4, -0.2) is 42.4 Å². The number of halogens is 1. The zero-order chi connectivity index (χ0) is 15.7. The van der Waals surface area contributed by atoms with Crippen molar-refractivity contribution in [1.82, 2.24) is 4.90 Å². The van der Waals surface area contributed by atoms with Gasteiger partial charge in [0.25, 0.3) is 5.69 Å². The Bertz CT molecular complexity index is 589. The smallest absolute Gasteiger partial charge is 0.273 e. The first-order chi connectivity index (χ1) is 9.82.